The maximum absolute atomic E-state index is 5.92. The van der Waals surface area contributed by atoms with E-state index in [9.17, 15) is 0 Å². The van der Waals surface area contributed by atoms with Gasteiger partial charge in [0.15, 0.2) is 0 Å². The van der Waals surface area contributed by atoms with Gasteiger partial charge in [0.05, 0.1) is 11.6 Å². The van der Waals surface area contributed by atoms with Crippen molar-refractivity contribution in [1.82, 2.24) is 5.32 Å². The van der Waals surface area contributed by atoms with E-state index >= 15 is 0 Å². The van der Waals surface area contributed by atoms with Gasteiger partial charge in [0, 0.05) is 13.7 Å². The second kappa shape index (κ2) is 6.26. The van der Waals surface area contributed by atoms with Crippen molar-refractivity contribution in [3.8, 4) is 0 Å². The van der Waals surface area contributed by atoms with Crippen LogP contribution >= 0.6 is 0 Å². The summed E-state index contributed by atoms with van der Waals surface area (Å²) >= 11 is 0. The highest BCUT2D eigenvalue weighted by Gasteiger charge is 2.39. The Hall–Kier alpha value is -0.380. The molecule has 0 spiro atoms. The highest BCUT2D eigenvalue weighted by atomic mass is 16.5. The molecule has 0 bridgehead atoms. The first-order chi connectivity index (χ1) is 7.29. The Balaban J connectivity index is 2.57. The van der Waals surface area contributed by atoms with Gasteiger partial charge < -0.3 is 15.8 Å². The number of methoxy groups -OCH3 is 1. The minimum atomic E-state index is -0.00396. The molecule has 0 aromatic carbocycles. The molecule has 3 N–H and O–H groups in total. The van der Waals surface area contributed by atoms with Crippen molar-refractivity contribution >= 4 is 0 Å². The van der Waals surface area contributed by atoms with Crippen molar-refractivity contribution in [2.45, 2.75) is 43.7 Å². The molecule has 0 aromatic heterocycles. The lowest BCUT2D eigenvalue weighted by molar-refractivity contribution is -0.00806. The van der Waals surface area contributed by atoms with Crippen LogP contribution in [0.2, 0.25) is 0 Å². The van der Waals surface area contributed by atoms with Crippen molar-refractivity contribution in [3.63, 3.8) is 0 Å². The monoisotopic (exact) mass is 212 g/mol. The highest BCUT2D eigenvalue weighted by Crippen LogP contribution is 2.29. The number of nitrogens with two attached hydrogens (primary N) is 1. The van der Waals surface area contributed by atoms with Crippen LogP contribution in [0.4, 0.5) is 0 Å². The summed E-state index contributed by atoms with van der Waals surface area (Å²) in [5, 5.41) is 3.57. The molecule has 0 radical (unpaired) electrons. The molecule has 2 unspecified atom stereocenters. The molecule has 1 aliphatic rings. The predicted octanol–water partition coefficient (Wildman–Crippen LogP) is 1.44. The Morgan fingerprint density at radius 2 is 2.40 bits per heavy atom. The summed E-state index contributed by atoms with van der Waals surface area (Å²) in [5.74, 6) is 0. The summed E-state index contributed by atoms with van der Waals surface area (Å²) in [4.78, 5) is 0. The first-order valence-corrected chi connectivity index (χ1v) is 5.88. The van der Waals surface area contributed by atoms with Crippen molar-refractivity contribution in [2.24, 2.45) is 5.73 Å². The largest absolute Gasteiger partial charge is 0.379 e. The van der Waals surface area contributed by atoms with Crippen LogP contribution in [-0.4, -0.2) is 31.8 Å². The SMILES string of the molecule is C=CCCNC1(CN)CCCCC1OC. The zero-order valence-electron chi connectivity index (χ0n) is 9.80. The van der Waals surface area contributed by atoms with Crippen molar-refractivity contribution < 1.29 is 4.74 Å². The summed E-state index contributed by atoms with van der Waals surface area (Å²) in [5.41, 5.74) is 5.91. The lowest BCUT2D eigenvalue weighted by Crippen LogP contribution is -2.61. The fourth-order valence-electron chi connectivity index (χ4n) is 2.48. The third-order valence-corrected chi connectivity index (χ3v) is 3.43. The maximum atomic E-state index is 5.92. The van der Waals surface area contributed by atoms with Gasteiger partial charge in [-0.15, -0.1) is 6.58 Å². The zero-order valence-corrected chi connectivity index (χ0v) is 9.80. The van der Waals surface area contributed by atoms with Crippen LogP contribution in [0.5, 0.6) is 0 Å². The first-order valence-electron chi connectivity index (χ1n) is 5.88. The van der Waals surface area contributed by atoms with Gasteiger partial charge in [-0.25, -0.2) is 0 Å². The number of nitrogens with one attached hydrogen (secondary N) is 1. The van der Waals surface area contributed by atoms with E-state index in [4.69, 9.17) is 10.5 Å². The molecular formula is C12H24N2O. The van der Waals surface area contributed by atoms with E-state index in [0.29, 0.717) is 6.54 Å². The molecular weight excluding hydrogens is 188 g/mol. The summed E-state index contributed by atoms with van der Waals surface area (Å²) < 4.78 is 5.56. The fourth-order valence-corrected chi connectivity index (χ4v) is 2.48. The van der Waals surface area contributed by atoms with Crippen molar-refractivity contribution in [1.29, 1.82) is 0 Å². The van der Waals surface area contributed by atoms with Crippen LogP contribution in [0, 0.1) is 0 Å². The Labute approximate surface area is 93.1 Å². The molecule has 1 saturated carbocycles. The van der Waals surface area contributed by atoms with E-state index < -0.39 is 0 Å². The summed E-state index contributed by atoms with van der Waals surface area (Å²) in [6.45, 7) is 5.33. The average molecular weight is 212 g/mol. The lowest BCUT2D eigenvalue weighted by atomic mass is 9.79. The molecule has 3 heteroatoms. The van der Waals surface area contributed by atoms with Crippen LogP contribution in [0.25, 0.3) is 0 Å². The second-order valence-electron chi connectivity index (χ2n) is 4.33. The van der Waals surface area contributed by atoms with E-state index in [1.165, 1.54) is 12.8 Å². The van der Waals surface area contributed by atoms with Gasteiger partial charge >= 0.3 is 0 Å². The van der Waals surface area contributed by atoms with Gasteiger partial charge in [0.2, 0.25) is 0 Å². The Morgan fingerprint density at radius 3 is 3.00 bits per heavy atom. The van der Waals surface area contributed by atoms with E-state index in [0.717, 1.165) is 25.8 Å². The van der Waals surface area contributed by atoms with Crippen LogP contribution < -0.4 is 11.1 Å². The summed E-state index contributed by atoms with van der Waals surface area (Å²) in [6.07, 6.45) is 7.93. The van der Waals surface area contributed by atoms with Gasteiger partial charge in [0.1, 0.15) is 0 Å². The van der Waals surface area contributed by atoms with Crippen LogP contribution in [0.1, 0.15) is 32.1 Å². The first kappa shape index (κ1) is 12.7. The minimum absolute atomic E-state index is 0.00396. The molecule has 2 atom stereocenters. The Bertz CT molecular complexity index is 196. The smallest absolute Gasteiger partial charge is 0.0765 e. The van der Waals surface area contributed by atoms with E-state index in [1.54, 1.807) is 7.11 Å². The van der Waals surface area contributed by atoms with Gasteiger partial charge in [-0.3, -0.25) is 0 Å². The molecule has 15 heavy (non-hydrogen) atoms. The third kappa shape index (κ3) is 3.03. The van der Waals surface area contributed by atoms with Gasteiger partial charge in [-0.1, -0.05) is 18.9 Å². The van der Waals surface area contributed by atoms with Crippen molar-refractivity contribution in [2.75, 3.05) is 20.2 Å². The van der Waals surface area contributed by atoms with Crippen LogP contribution in [0.15, 0.2) is 12.7 Å². The molecule has 0 aliphatic heterocycles. The molecule has 1 fully saturated rings. The average Bonchev–Trinajstić information content (AvgIpc) is 2.30. The van der Waals surface area contributed by atoms with E-state index in [2.05, 4.69) is 11.9 Å². The van der Waals surface area contributed by atoms with Crippen LogP contribution in [0.3, 0.4) is 0 Å². The van der Waals surface area contributed by atoms with E-state index in [-0.39, 0.29) is 11.6 Å². The molecule has 1 aliphatic carbocycles. The topological polar surface area (TPSA) is 47.3 Å². The minimum Gasteiger partial charge on any atom is -0.379 e. The van der Waals surface area contributed by atoms with E-state index in [1.807, 2.05) is 6.08 Å². The highest BCUT2D eigenvalue weighted by molar-refractivity contribution is 4.99. The Kier molecular flexibility index (Phi) is 5.29. The summed E-state index contributed by atoms with van der Waals surface area (Å²) in [6, 6.07) is 0. The fraction of sp³-hybridized carbons (Fsp3) is 0.833. The lowest BCUT2D eigenvalue weighted by Gasteiger charge is -2.43. The maximum Gasteiger partial charge on any atom is 0.0765 e. The number of rotatable bonds is 6. The number of hydrogen-bond donors (Lipinski definition) is 2. The standard InChI is InChI=1S/C12H24N2O/c1-3-4-9-14-12(10-13)8-6-5-7-11(12)15-2/h3,11,14H,1,4-10,13H2,2H3. The molecule has 0 amide bonds. The Morgan fingerprint density at radius 1 is 1.60 bits per heavy atom. The number of ether oxygens (including phenoxy) is 1. The third-order valence-electron chi connectivity index (χ3n) is 3.43. The van der Waals surface area contributed by atoms with Crippen molar-refractivity contribution in [3.05, 3.63) is 12.7 Å². The number of hydrogen-bond acceptors (Lipinski definition) is 3. The van der Waals surface area contributed by atoms with Gasteiger partial charge in [-0.2, -0.15) is 0 Å². The molecule has 0 aromatic rings. The summed E-state index contributed by atoms with van der Waals surface area (Å²) in [7, 11) is 1.79. The molecule has 1 rings (SSSR count). The molecule has 0 heterocycles. The quantitative estimate of drug-likeness (QED) is 0.517. The second-order valence-corrected chi connectivity index (χ2v) is 4.33. The molecule has 88 valence electrons. The predicted molar refractivity (Wildman–Crippen MR) is 63.9 cm³/mol. The van der Waals surface area contributed by atoms with Gasteiger partial charge in [0.25, 0.3) is 0 Å². The normalized spacial score (nSPS) is 31.5. The molecule has 3 nitrogen and oxygen atoms in total. The van der Waals surface area contributed by atoms with Gasteiger partial charge in [-0.05, 0) is 25.8 Å². The zero-order chi connectivity index (χ0) is 11.1. The molecule has 0 saturated heterocycles. The van der Waals surface area contributed by atoms with Crippen LogP contribution in [-0.2, 0) is 4.74 Å².